The smallest absolute Gasteiger partial charge is 0.194 e. The highest BCUT2D eigenvalue weighted by atomic mass is 32.1. The molecule has 21 heavy (non-hydrogen) atoms. The Kier molecular flexibility index (Phi) is 3.59. The van der Waals surface area contributed by atoms with Crippen molar-refractivity contribution in [2.24, 2.45) is 0 Å². The van der Waals surface area contributed by atoms with Crippen LogP contribution in [0.2, 0.25) is 0 Å². The minimum absolute atomic E-state index is 0.759. The summed E-state index contributed by atoms with van der Waals surface area (Å²) in [5.41, 5.74) is 4.51. The summed E-state index contributed by atoms with van der Waals surface area (Å²) in [4.78, 5) is 6.95. The van der Waals surface area contributed by atoms with E-state index in [0.29, 0.717) is 0 Å². The molecule has 0 saturated heterocycles. The third-order valence-electron chi connectivity index (χ3n) is 3.60. The van der Waals surface area contributed by atoms with Gasteiger partial charge in [-0.25, -0.2) is 4.98 Å². The lowest BCUT2D eigenvalue weighted by Gasteiger charge is -2.10. The largest absolute Gasteiger partial charge is 0.496 e. The van der Waals surface area contributed by atoms with Crippen molar-refractivity contribution in [3.8, 4) is 5.75 Å². The molecule has 0 fully saturated rings. The molecular formula is C16H19N3OS. The summed E-state index contributed by atoms with van der Waals surface area (Å²) in [6, 6.07) is 6.13. The number of ether oxygens (including phenoxy) is 1. The summed E-state index contributed by atoms with van der Waals surface area (Å²) in [7, 11) is 1.70. The Balaban J connectivity index is 1.83. The number of hydrogen-bond acceptors (Lipinski definition) is 4. The van der Waals surface area contributed by atoms with Crippen molar-refractivity contribution in [3.05, 3.63) is 46.2 Å². The normalized spacial score (nSPS) is 11.0. The van der Waals surface area contributed by atoms with E-state index in [-0.39, 0.29) is 0 Å². The predicted molar refractivity (Wildman–Crippen MR) is 87.6 cm³/mol. The number of fused-ring (bicyclic) bond motifs is 1. The van der Waals surface area contributed by atoms with Crippen molar-refractivity contribution in [3.63, 3.8) is 0 Å². The van der Waals surface area contributed by atoms with Gasteiger partial charge < -0.3 is 10.1 Å². The van der Waals surface area contributed by atoms with Gasteiger partial charge in [0.05, 0.1) is 25.0 Å². The number of anilines is 1. The molecule has 4 nitrogen and oxygen atoms in total. The van der Waals surface area contributed by atoms with E-state index in [9.17, 15) is 0 Å². The zero-order chi connectivity index (χ0) is 15.0. The van der Waals surface area contributed by atoms with Crippen molar-refractivity contribution in [2.75, 3.05) is 12.4 Å². The molecule has 3 aromatic rings. The van der Waals surface area contributed by atoms with Gasteiger partial charge in [-0.15, -0.1) is 11.3 Å². The Morgan fingerprint density at radius 3 is 2.81 bits per heavy atom. The number of thiazole rings is 1. The SMILES string of the molecule is COc1ccc(NCc2c(C)nc3sc(C)cn23)cc1C. The molecule has 0 aliphatic heterocycles. The summed E-state index contributed by atoms with van der Waals surface area (Å²) in [6.45, 7) is 6.98. The van der Waals surface area contributed by atoms with Crippen LogP contribution in [-0.4, -0.2) is 16.5 Å². The molecule has 0 radical (unpaired) electrons. The molecule has 2 heterocycles. The first-order valence-electron chi connectivity index (χ1n) is 6.91. The Morgan fingerprint density at radius 2 is 2.10 bits per heavy atom. The molecular weight excluding hydrogens is 282 g/mol. The predicted octanol–water partition coefficient (Wildman–Crippen LogP) is 3.94. The highest BCUT2D eigenvalue weighted by Crippen LogP contribution is 2.24. The van der Waals surface area contributed by atoms with Crippen molar-refractivity contribution in [2.45, 2.75) is 27.3 Å². The van der Waals surface area contributed by atoms with Crippen LogP contribution in [0.1, 0.15) is 21.8 Å². The average molecular weight is 301 g/mol. The summed E-state index contributed by atoms with van der Waals surface area (Å²) < 4.78 is 7.47. The molecule has 0 spiro atoms. The number of aromatic nitrogens is 2. The number of hydrogen-bond donors (Lipinski definition) is 1. The average Bonchev–Trinajstić information content (AvgIpc) is 2.92. The number of nitrogens with zero attached hydrogens (tertiary/aromatic N) is 2. The number of methoxy groups -OCH3 is 1. The zero-order valence-corrected chi connectivity index (χ0v) is 13.5. The number of aryl methyl sites for hydroxylation is 3. The molecule has 0 amide bonds. The first-order chi connectivity index (χ1) is 10.1. The minimum Gasteiger partial charge on any atom is -0.496 e. The van der Waals surface area contributed by atoms with E-state index in [1.807, 2.05) is 12.1 Å². The lowest BCUT2D eigenvalue weighted by molar-refractivity contribution is 0.412. The van der Waals surface area contributed by atoms with Crippen molar-refractivity contribution < 1.29 is 4.74 Å². The Labute approximate surface area is 128 Å². The van der Waals surface area contributed by atoms with Crippen LogP contribution in [0.25, 0.3) is 4.96 Å². The highest BCUT2D eigenvalue weighted by molar-refractivity contribution is 7.17. The van der Waals surface area contributed by atoms with E-state index < -0.39 is 0 Å². The fourth-order valence-corrected chi connectivity index (χ4v) is 3.39. The van der Waals surface area contributed by atoms with Crippen LogP contribution >= 0.6 is 11.3 Å². The maximum absolute atomic E-state index is 5.29. The Morgan fingerprint density at radius 1 is 1.29 bits per heavy atom. The van der Waals surface area contributed by atoms with Gasteiger partial charge in [0.25, 0.3) is 0 Å². The first kappa shape index (κ1) is 13.9. The third-order valence-corrected chi connectivity index (χ3v) is 4.49. The summed E-state index contributed by atoms with van der Waals surface area (Å²) in [5, 5.41) is 3.47. The summed E-state index contributed by atoms with van der Waals surface area (Å²) in [5.74, 6) is 0.914. The lowest BCUT2D eigenvalue weighted by Crippen LogP contribution is -2.04. The van der Waals surface area contributed by atoms with Crippen LogP contribution in [0, 0.1) is 20.8 Å². The third kappa shape index (κ3) is 2.61. The first-order valence-corrected chi connectivity index (χ1v) is 7.72. The van der Waals surface area contributed by atoms with Crippen LogP contribution in [0.5, 0.6) is 5.75 Å². The number of benzene rings is 1. The standard InChI is InChI=1S/C16H19N3OS/c1-10-7-13(5-6-15(10)20-4)17-8-14-12(3)18-16-19(14)9-11(2)21-16/h5-7,9,17H,8H2,1-4H3. The topological polar surface area (TPSA) is 38.6 Å². The Bertz CT molecular complexity index is 788. The van der Waals surface area contributed by atoms with Crippen LogP contribution in [0.3, 0.4) is 0 Å². The molecule has 1 aromatic carbocycles. The quantitative estimate of drug-likeness (QED) is 0.793. The number of rotatable bonds is 4. The molecule has 0 bridgehead atoms. The summed E-state index contributed by atoms with van der Waals surface area (Å²) in [6.07, 6.45) is 2.15. The van der Waals surface area contributed by atoms with Gasteiger partial charge in [-0.2, -0.15) is 0 Å². The van der Waals surface area contributed by atoms with Gasteiger partial charge in [-0.3, -0.25) is 4.40 Å². The van der Waals surface area contributed by atoms with Gasteiger partial charge in [0.1, 0.15) is 5.75 Å². The lowest BCUT2D eigenvalue weighted by atomic mass is 10.2. The number of imidazole rings is 1. The molecule has 3 rings (SSSR count). The van der Waals surface area contributed by atoms with Crippen LogP contribution in [0.4, 0.5) is 5.69 Å². The zero-order valence-electron chi connectivity index (χ0n) is 12.7. The van der Waals surface area contributed by atoms with Gasteiger partial charge in [-0.1, -0.05) is 0 Å². The molecule has 0 atom stereocenters. The molecule has 110 valence electrons. The van der Waals surface area contributed by atoms with E-state index in [2.05, 4.69) is 47.7 Å². The van der Waals surface area contributed by atoms with Crippen molar-refractivity contribution >= 4 is 22.0 Å². The molecule has 0 aliphatic rings. The highest BCUT2D eigenvalue weighted by Gasteiger charge is 2.11. The second kappa shape index (κ2) is 5.41. The molecule has 0 saturated carbocycles. The van der Waals surface area contributed by atoms with Crippen LogP contribution < -0.4 is 10.1 Å². The van der Waals surface area contributed by atoms with Gasteiger partial charge in [0.2, 0.25) is 0 Å². The molecule has 1 N–H and O–H groups in total. The minimum atomic E-state index is 0.759. The fourth-order valence-electron chi connectivity index (χ4n) is 2.50. The maximum atomic E-state index is 5.29. The van der Waals surface area contributed by atoms with Gasteiger partial charge >= 0.3 is 0 Å². The van der Waals surface area contributed by atoms with Crippen molar-refractivity contribution in [1.82, 2.24) is 9.38 Å². The van der Waals surface area contributed by atoms with E-state index in [1.165, 1.54) is 10.6 Å². The van der Waals surface area contributed by atoms with Gasteiger partial charge in [-0.05, 0) is 44.5 Å². The molecule has 2 aromatic heterocycles. The van der Waals surface area contributed by atoms with E-state index in [4.69, 9.17) is 4.74 Å². The maximum Gasteiger partial charge on any atom is 0.194 e. The number of nitrogens with one attached hydrogen (secondary N) is 1. The monoisotopic (exact) mass is 301 g/mol. The van der Waals surface area contributed by atoms with E-state index in [1.54, 1.807) is 18.4 Å². The molecule has 0 aliphatic carbocycles. The van der Waals surface area contributed by atoms with E-state index in [0.717, 1.165) is 34.2 Å². The Hall–Kier alpha value is -2.01. The summed E-state index contributed by atoms with van der Waals surface area (Å²) >= 11 is 1.72. The van der Waals surface area contributed by atoms with Crippen molar-refractivity contribution in [1.29, 1.82) is 0 Å². The van der Waals surface area contributed by atoms with Gasteiger partial charge in [0, 0.05) is 16.8 Å². The second-order valence-corrected chi connectivity index (χ2v) is 6.39. The van der Waals surface area contributed by atoms with Crippen LogP contribution in [-0.2, 0) is 6.54 Å². The van der Waals surface area contributed by atoms with Crippen LogP contribution in [0.15, 0.2) is 24.4 Å². The van der Waals surface area contributed by atoms with Gasteiger partial charge in [0.15, 0.2) is 4.96 Å². The molecule has 5 heteroatoms. The second-order valence-electron chi connectivity index (χ2n) is 5.18. The molecule has 0 unspecified atom stereocenters. The fraction of sp³-hybridized carbons (Fsp3) is 0.312. The van der Waals surface area contributed by atoms with E-state index >= 15 is 0 Å².